The topological polar surface area (TPSA) is 94.3 Å². The monoisotopic (exact) mass is 493 g/mol. The molecule has 2 aromatic carbocycles. The molecule has 0 unspecified atom stereocenters. The quantitative estimate of drug-likeness (QED) is 0.514. The Morgan fingerprint density at radius 2 is 1.21 bits per heavy atom. The summed E-state index contributed by atoms with van der Waals surface area (Å²) in [5.41, 5.74) is 8.68. The molecular weight excluding hydrogens is 456 g/mol. The number of hydrogen-bond acceptors (Lipinski definition) is 5. The van der Waals surface area contributed by atoms with Crippen LogP contribution in [0.1, 0.15) is 36.8 Å². The molecule has 2 N–H and O–H groups in total. The average Bonchev–Trinajstić information content (AvgIpc) is 2.73. The summed E-state index contributed by atoms with van der Waals surface area (Å²) in [6, 6.07) is 14.7. The van der Waals surface area contributed by atoms with Gasteiger partial charge in [0.15, 0.2) is 19.7 Å². The maximum Gasteiger partial charge on any atom is 0.175 e. The predicted octanol–water partition coefficient (Wildman–Crippen LogP) is 3.00. The fourth-order valence-electron chi connectivity index (χ4n) is 4.93. The van der Waals surface area contributed by atoms with Crippen LogP contribution in [0.5, 0.6) is 0 Å². The van der Waals surface area contributed by atoms with Gasteiger partial charge in [-0.15, -0.1) is 0 Å². The fourth-order valence-corrected chi connectivity index (χ4v) is 6.19. The van der Waals surface area contributed by atoms with Gasteiger partial charge in [-0.1, -0.05) is 24.3 Å². The van der Waals surface area contributed by atoms with Gasteiger partial charge in [-0.3, -0.25) is 0 Å². The van der Waals surface area contributed by atoms with Crippen LogP contribution in [-0.2, 0) is 32.5 Å². The van der Waals surface area contributed by atoms with E-state index in [9.17, 15) is 16.8 Å². The van der Waals surface area contributed by atoms with Crippen LogP contribution in [0.3, 0.4) is 0 Å². The van der Waals surface area contributed by atoms with Crippen molar-refractivity contribution in [2.75, 3.05) is 38.7 Å². The molecule has 0 amide bonds. The van der Waals surface area contributed by atoms with Gasteiger partial charge in [0.05, 0.1) is 42.0 Å². The highest BCUT2D eigenvalue weighted by molar-refractivity contribution is 7.91. The summed E-state index contributed by atoms with van der Waals surface area (Å²) < 4.78 is 47.7. The van der Waals surface area contributed by atoms with Crippen molar-refractivity contribution in [2.45, 2.75) is 54.4 Å². The summed E-state index contributed by atoms with van der Waals surface area (Å²) in [4.78, 5) is 0.725. The van der Waals surface area contributed by atoms with Crippen LogP contribution < -0.4 is 5.73 Å². The molecule has 0 aliphatic carbocycles. The highest BCUT2D eigenvalue weighted by atomic mass is 32.2. The minimum atomic E-state index is -3.16. The molecule has 1 aliphatic rings. The molecule has 0 bridgehead atoms. The number of benzene rings is 2. The van der Waals surface area contributed by atoms with E-state index in [0.29, 0.717) is 9.79 Å². The minimum absolute atomic E-state index is 0.238. The number of hydrogen-bond donors (Lipinski definition) is 1. The SMILES string of the molecule is CS(=O)(=O)c1ccc(CCC[N+]2(CCCc3ccc(S(C)(=O)=O)cc3)CCC[C@H](N)C2)cc1. The summed E-state index contributed by atoms with van der Waals surface area (Å²) in [5, 5.41) is 0. The first kappa shape index (κ1) is 25.9. The number of likely N-dealkylation sites (tertiary alicyclic amines) is 1. The van der Waals surface area contributed by atoms with Crippen molar-refractivity contribution in [3.05, 3.63) is 59.7 Å². The van der Waals surface area contributed by atoms with Crippen molar-refractivity contribution in [1.29, 1.82) is 0 Å². The molecule has 2 aromatic rings. The normalized spacial score (nSPS) is 18.8. The molecule has 0 spiro atoms. The Balaban J connectivity index is 1.57. The fraction of sp³-hybridized carbons (Fsp3) is 0.520. The molecule has 1 heterocycles. The van der Waals surface area contributed by atoms with Crippen molar-refractivity contribution in [1.82, 2.24) is 0 Å². The number of nitrogens with two attached hydrogens (primary N) is 1. The van der Waals surface area contributed by atoms with E-state index < -0.39 is 19.7 Å². The number of rotatable bonds is 10. The van der Waals surface area contributed by atoms with Crippen LogP contribution in [0.4, 0.5) is 0 Å². The zero-order valence-electron chi connectivity index (χ0n) is 19.7. The Morgan fingerprint density at radius 3 is 1.58 bits per heavy atom. The molecule has 6 nitrogen and oxygen atoms in total. The molecule has 0 saturated carbocycles. The van der Waals surface area contributed by atoms with Gasteiger partial charge in [0.2, 0.25) is 0 Å². The molecule has 1 atom stereocenters. The van der Waals surface area contributed by atoms with E-state index in [2.05, 4.69) is 0 Å². The second-order valence-corrected chi connectivity index (χ2v) is 13.7. The number of piperidine rings is 1. The maximum absolute atomic E-state index is 11.7. The smallest absolute Gasteiger partial charge is 0.175 e. The van der Waals surface area contributed by atoms with Gasteiger partial charge in [0.1, 0.15) is 0 Å². The van der Waals surface area contributed by atoms with Gasteiger partial charge in [-0.2, -0.15) is 0 Å². The number of nitrogens with zero attached hydrogens (tertiary/aromatic N) is 1. The van der Waals surface area contributed by atoms with Crippen molar-refractivity contribution in [3.63, 3.8) is 0 Å². The Morgan fingerprint density at radius 1 is 0.788 bits per heavy atom. The number of quaternary nitrogens is 1. The molecule has 3 rings (SSSR count). The van der Waals surface area contributed by atoms with Crippen LogP contribution in [0.2, 0.25) is 0 Å². The summed E-state index contributed by atoms with van der Waals surface area (Å²) in [6.07, 6.45) is 8.61. The van der Waals surface area contributed by atoms with Gasteiger partial charge < -0.3 is 10.2 Å². The molecule has 1 fully saturated rings. The van der Waals surface area contributed by atoms with E-state index >= 15 is 0 Å². The second kappa shape index (κ2) is 10.7. The van der Waals surface area contributed by atoms with Crippen molar-refractivity contribution in [2.24, 2.45) is 5.73 Å². The highest BCUT2D eigenvalue weighted by Crippen LogP contribution is 2.22. The van der Waals surface area contributed by atoms with Crippen molar-refractivity contribution >= 4 is 19.7 Å². The predicted molar refractivity (Wildman–Crippen MR) is 133 cm³/mol. The van der Waals surface area contributed by atoms with Gasteiger partial charge in [-0.25, -0.2) is 16.8 Å². The lowest BCUT2D eigenvalue weighted by Gasteiger charge is -2.44. The largest absolute Gasteiger partial charge is 0.323 e. The zero-order chi connectivity index (χ0) is 24.1. The lowest BCUT2D eigenvalue weighted by Crippen LogP contribution is -2.58. The molecule has 1 saturated heterocycles. The summed E-state index contributed by atoms with van der Waals surface area (Å²) >= 11 is 0. The summed E-state index contributed by atoms with van der Waals surface area (Å²) in [7, 11) is -6.33. The third-order valence-corrected chi connectivity index (χ3v) is 8.98. The highest BCUT2D eigenvalue weighted by Gasteiger charge is 2.32. The van der Waals surface area contributed by atoms with E-state index in [0.717, 1.165) is 80.3 Å². The molecule has 8 heteroatoms. The molecular formula is C25H37N2O4S2+. The van der Waals surface area contributed by atoms with Gasteiger partial charge in [0.25, 0.3) is 0 Å². The Hall–Kier alpha value is -1.74. The van der Waals surface area contributed by atoms with E-state index in [1.165, 1.54) is 12.5 Å². The van der Waals surface area contributed by atoms with Gasteiger partial charge in [-0.05, 0) is 61.1 Å². The van der Waals surface area contributed by atoms with E-state index in [4.69, 9.17) is 5.73 Å². The summed E-state index contributed by atoms with van der Waals surface area (Å²) in [5.74, 6) is 0. The first-order valence-corrected chi connectivity index (χ1v) is 15.4. The molecule has 0 radical (unpaired) electrons. The second-order valence-electron chi connectivity index (χ2n) is 9.64. The first-order valence-electron chi connectivity index (χ1n) is 11.7. The molecule has 0 aromatic heterocycles. The molecule has 33 heavy (non-hydrogen) atoms. The van der Waals surface area contributed by atoms with E-state index in [1.54, 1.807) is 24.3 Å². The maximum atomic E-state index is 11.7. The van der Waals surface area contributed by atoms with Crippen LogP contribution in [0.25, 0.3) is 0 Å². The van der Waals surface area contributed by atoms with Gasteiger partial charge >= 0.3 is 0 Å². The Labute approximate surface area is 199 Å². The first-order chi connectivity index (χ1) is 15.5. The van der Waals surface area contributed by atoms with Crippen LogP contribution in [0, 0.1) is 0 Å². The van der Waals surface area contributed by atoms with Crippen LogP contribution >= 0.6 is 0 Å². The Bertz CT molecular complexity index is 1040. The number of aryl methyl sites for hydroxylation is 2. The van der Waals surface area contributed by atoms with E-state index in [1.807, 2.05) is 24.3 Å². The molecule has 182 valence electrons. The Kier molecular flexibility index (Phi) is 8.37. The van der Waals surface area contributed by atoms with Crippen LogP contribution in [-0.4, -0.2) is 66.1 Å². The van der Waals surface area contributed by atoms with E-state index in [-0.39, 0.29) is 6.04 Å². The zero-order valence-corrected chi connectivity index (χ0v) is 21.4. The van der Waals surface area contributed by atoms with Crippen molar-refractivity contribution < 1.29 is 21.3 Å². The lowest BCUT2D eigenvalue weighted by atomic mass is 10.00. The third-order valence-electron chi connectivity index (χ3n) is 6.73. The summed E-state index contributed by atoms with van der Waals surface area (Å²) in [6.45, 7) is 4.27. The van der Waals surface area contributed by atoms with Gasteiger partial charge in [0, 0.05) is 25.4 Å². The number of sulfone groups is 2. The standard InChI is InChI=1S/C25H37N2O4S2/c1-32(28,29)24-13-9-21(10-14-24)6-3-17-27(19-5-8-23(26)20-27)18-4-7-22-11-15-25(16-12-22)33(2,30)31/h9-16,23H,3-8,17-20,26H2,1-2H3/q+1/t23-/m0/s1. The molecule has 1 aliphatic heterocycles. The minimum Gasteiger partial charge on any atom is -0.323 e. The average molecular weight is 494 g/mol. The van der Waals surface area contributed by atoms with Crippen LogP contribution in [0.15, 0.2) is 58.3 Å². The third kappa shape index (κ3) is 7.64. The lowest BCUT2D eigenvalue weighted by molar-refractivity contribution is -0.933. The van der Waals surface area contributed by atoms with Crippen molar-refractivity contribution in [3.8, 4) is 0 Å².